The van der Waals surface area contributed by atoms with Crippen molar-refractivity contribution in [1.29, 1.82) is 0 Å². The van der Waals surface area contributed by atoms with Crippen molar-refractivity contribution in [2.45, 2.75) is 16.8 Å². The molecule has 1 unspecified atom stereocenters. The number of ether oxygens (including phenoxy) is 1. The molecule has 0 aromatic heterocycles. The van der Waals surface area contributed by atoms with Crippen molar-refractivity contribution in [3.8, 4) is 5.75 Å². The summed E-state index contributed by atoms with van der Waals surface area (Å²) >= 11 is 0. The largest absolute Gasteiger partial charge is 0.497 e. The Bertz CT molecular complexity index is 1000. The minimum Gasteiger partial charge on any atom is -0.497 e. The SMILES string of the molecule is COc1ccc(C2=NC(O)(C(F)(F)F)CN2c2ccc(S(C)(=O)=O)cc2)cc1. The summed E-state index contributed by atoms with van der Waals surface area (Å²) in [5.74, 6) is 0.423. The normalized spacial score (nSPS) is 20.2. The van der Waals surface area contributed by atoms with Crippen LogP contribution in [-0.2, 0) is 9.84 Å². The van der Waals surface area contributed by atoms with Crippen LogP contribution < -0.4 is 9.64 Å². The minimum atomic E-state index is -4.98. The van der Waals surface area contributed by atoms with E-state index in [0.717, 1.165) is 6.26 Å². The van der Waals surface area contributed by atoms with Crippen LogP contribution in [-0.4, -0.2) is 51.2 Å². The summed E-state index contributed by atoms with van der Waals surface area (Å²) in [6.45, 7) is -0.851. The van der Waals surface area contributed by atoms with E-state index in [0.29, 0.717) is 11.3 Å². The zero-order chi connectivity index (χ0) is 20.7. The lowest BCUT2D eigenvalue weighted by Gasteiger charge is -2.25. The molecule has 3 rings (SSSR count). The van der Waals surface area contributed by atoms with Gasteiger partial charge >= 0.3 is 6.18 Å². The van der Waals surface area contributed by atoms with Crippen LogP contribution in [0.3, 0.4) is 0 Å². The van der Waals surface area contributed by atoms with E-state index in [1.54, 1.807) is 12.1 Å². The standard InChI is InChI=1S/C18H17F3N2O4S/c1-27-14-7-3-12(4-8-14)16-22-17(24,18(19,20)21)11-23(16)13-5-9-15(10-6-13)28(2,25)26/h3-10,24H,11H2,1-2H3. The van der Waals surface area contributed by atoms with Crippen LogP contribution in [0.25, 0.3) is 0 Å². The predicted octanol–water partition coefficient (Wildman–Crippen LogP) is 2.62. The third-order valence-corrected chi connectivity index (χ3v) is 5.43. The molecule has 0 bridgehead atoms. The zero-order valence-electron chi connectivity index (χ0n) is 14.9. The third kappa shape index (κ3) is 3.69. The molecule has 1 N–H and O–H groups in total. The number of hydrogen-bond acceptors (Lipinski definition) is 6. The number of amidine groups is 1. The van der Waals surface area contributed by atoms with Gasteiger partial charge in [-0.15, -0.1) is 0 Å². The van der Waals surface area contributed by atoms with Crippen LogP contribution in [0.4, 0.5) is 18.9 Å². The van der Waals surface area contributed by atoms with Gasteiger partial charge in [0, 0.05) is 17.5 Å². The second-order valence-electron chi connectivity index (χ2n) is 6.33. The third-order valence-electron chi connectivity index (χ3n) is 4.30. The van der Waals surface area contributed by atoms with Gasteiger partial charge in [0.25, 0.3) is 5.72 Å². The van der Waals surface area contributed by atoms with Gasteiger partial charge in [-0.25, -0.2) is 13.4 Å². The van der Waals surface area contributed by atoms with Crippen molar-refractivity contribution >= 4 is 21.4 Å². The van der Waals surface area contributed by atoms with Gasteiger partial charge < -0.3 is 14.7 Å². The van der Waals surface area contributed by atoms with Gasteiger partial charge in [-0.05, 0) is 48.5 Å². The number of β-amino-alcohol motifs (C(OH)–C–C–N with tert-alkyl or cyclic N) is 1. The summed E-state index contributed by atoms with van der Waals surface area (Å²) in [4.78, 5) is 4.79. The van der Waals surface area contributed by atoms with Gasteiger partial charge in [0.1, 0.15) is 11.6 Å². The van der Waals surface area contributed by atoms with Gasteiger partial charge in [-0.3, -0.25) is 0 Å². The first-order chi connectivity index (χ1) is 12.9. The highest BCUT2D eigenvalue weighted by Crippen LogP contribution is 2.39. The van der Waals surface area contributed by atoms with Crippen molar-refractivity contribution in [3.05, 3.63) is 54.1 Å². The highest BCUT2D eigenvalue weighted by Gasteiger charge is 2.58. The molecule has 2 aromatic rings. The first-order valence-corrected chi connectivity index (χ1v) is 9.95. The molecule has 28 heavy (non-hydrogen) atoms. The number of sulfone groups is 1. The van der Waals surface area contributed by atoms with E-state index >= 15 is 0 Å². The minimum absolute atomic E-state index is 0.0319. The molecule has 0 saturated carbocycles. The Kier molecular flexibility index (Phi) is 4.88. The maximum Gasteiger partial charge on any atom is 0.440 e. The van der Waals surface area contributed by atoms with E-state index in [4.69, 9.17) is 4.74 Å². The summed E-state index contributed by atoms with van der Waals surface area (Å²) in [5, 5.41) is 10.1. The molecule has 2 aromatic carbocycles. The fourth-order valence-corrected chi connectivity index (χ4v) is 3.40. The van der Waals surface area contributed by atoms with E-state index in [-0.39, 0.29) is 16.4 Å². The molecule has 150 valence electrons. The smallest absolute Gasteiger partial charge is 0.440 e. The van der Waals surface area contributed by atoms with Gasteiger partial charge in [0.15, 0.2) is 9.84 Å². The lowest BCUT2D eigenvalue weighted by atomic mass is 10.1. The second-order valence-corrected chi connectivity index (χ2v) is 8.35. The average Bonchev–Trinajstić information content (AvgIpc) is 3.00. The second kappa shape index (κ2) is 6.78. The molecule has 0 fully saturated rings. The molecule has 0 aliphatic carbocycles. The van der Waals surface area contributed by atoms with E-state index in [1.165, 1.54) is 48.4 Å². The summed E-state index contributed by atoms with van der Waals surface area (Å²) in [7, 11) is -2.00. The molecular formula is C18H17F3N2O4S. The van der Waals surface area contributed by atoms with E-state index < -0.39 is 28.3 Å². The number of benzene rings is 2. The van der Waals surface area contributed by atoms with Gasteiger partial charge in [-0.1, -0.05) is 0 Å². The lowest BCUT2D eigenvalue weighted by Crippen LogP contribution is -2.47. The molecular weight excluding hydrogens is 397 g/mol. The van der Waals surface area contributed by atoms with Crippen molar-refractivity contribution in [3.63, 3.8) is 0 Å². The number of hydrogen-bond donors (Lipinski definition) is 1. The highest BCUT2D eigenvalue weighted by atomic mass is 32.2. The van der Waals surface area contributed by atoms with Crippen molar-refractivity contribution in [2.75, 3.05) is 24.8 Å². The number of methoxy groups -OCH3 is 1. The van der Waals surface area contributed by atoms with Gasteiger partial charge in [0.05, 0.1) is 18.6 Å². The molecule has 0 spiro atoms. The van der Waals surface area contributed by atoms with Crippen LogP contribution in [0.5, 0.6) is 5.75 Å². The Hall–Kier alpha value is -2.59. The number of aliphatic hydroxyl groups is 1. The van der Waals surface area contributed by atoms with Crippen LogP contribution in [0, 0.1) is 0 Å². The monoisotopic (exact) mass is 414 g/mol. The molecule has 1 heterocycles. The first kappa shape index (κ1) is 20.2. The number of alkyl halides is 3. The van der Waals surface area contributed by atoms with E-state index in [9.17, 15) is 26.7 Å². The highest BCUT2D eigenvalue weighted by molar-refractivity contribution is 7.90. The van der Waals surface area contributed by atoms with Crippen LogP contribution in [0.2, 0.25) is 0 Å². The molecule has 0 saturated heterocycles. The maximum absolute atomic E-state index is 13.4. The van der Waals surface area contributed by atoms with Crippen LogP contribution in [0.15, 0.2) is 58.4 Å². The maximum atomic E-state index is 13.4. The number of rotatable bonds is 4. The fraction of sp³-hybridized carbons (Fsp3) is 0.278. The Morgan fingerprint density at radius 2 is 1.68 bits per heavy atom. The molecule has 1 atom stereocenters. The molecule has 10 heteroatoms. The topological polar surface area (TPSA) is 79.2 Å². The average molecular weight is 414 g/mol. The first-order valence-electron chi connectivity index (χ1n) is 8.06. The predicted molar refractivity (Wildman–Crippen MR) is 97.4 cm³/mol. The molecule has 1 aliphatic heterocycles. The van der Waals surface area contributed by atoms with Crippen LogP contribution in [0.1, 0.15) is 5.56 Å². The summed E-state index contributed by atoms with van der Waals surface area (Å²) < 4.78 is 68.4. The Morgan fingerprint density at radius 1 is 1.11 bits per heavy atom. The molecule has 0 amide bonds. The fourth-order valence-electron chi connectivity index (χ4n) is 2.77. The molecule has 1 aliphatic rings. The summed E-state index contributed by atoms with van der Waals surface area (Å²) in [5.41, 5.74) is -2.67. The Balaban J connectivity index is 2.06. The molecule has 6 nitrogen and oxygen atoms in total. The summed E-state index contributed by atoms with van der Waals surface area (Å²) in [6.07, 6.45) is -3.95. The van der Waals surface area contributed by atoms with Crippen LogP contribution >= 0.6 is 0 Å². The molecule has 0 radical (unpaired) electrons. The van der Waals surface area contributed by atoms with Gasteiger partial charge in [-0.2, -0.15) is 13.2 Å². The van der Waals surface area contributed by atoms with Crippen molar-refractivity contribution in [1.82, 2.24) is 0 Å². The lowest BCUT2D eigenvalue weighted by molar-refractivity contribution is -0.249. The van der Waals surface area contributed by atoms with E-state index in [1.807, 2.05) is 0 Å². The summed E-state index contributed by atoms with van der Waals surface area (Å²) in [6, 6.07) is 11.5. The number of aliphatic imine (C=N–C) groups is 1. The number of anilines is 1. The Morgan fingerprint density at radius 3 is 2.14 bits per heavy atom. The number of nitrogens with zero attached hydrogens (tertiary/aromatic N) is 2. The number of halogens is 3. The van der Waals surface area contributed by atoms with Crippen molar-refractivity contribution in [2.24, 2.45) is 4.99 Å². The quantitative estimate of drug-likeness (QED) is 0.832. The zero-order valence-corrected chi connectivity index (χ0v) is 15.8. The van der Waals surface area contributed by atoms with E-state index in [2.05, 4.69) is 4.99 Å². The van der Waals surface area contributed by atoms with Crippen molar-refractivity contribution < 1.29 is 31.4 Å². The van der Waals surface area contributed by atoms with Gasteiger partial charge in [0.2, 0.25) is 0 Å². The Labute approximate surface area is 159 Å².